The van der Waals surface area contributed by atoms with Crippen molar-refractivity contribution in [1.29, 1.82) is 0 Å². The van der Waals surface area contributed by atoms with Crippen LogP contribution in [0.1, 0.15) is 41.3 Å². The van der Waals surface area contributed by atoms with Crippen molar-refractivity contribution in [2.45, 2.75) is 32.4 Å². The summed E-state index contributed by atoms with van der Waals surface area (Å²) in [6, 6.07) is 1.96. The summed E-state index contributed by atoms with van der Waals surface area (Å²) in [5.41, 5.74) is 0.986. The second kappa shape index (κ2) is 6.43. The summed E-state index contributed by atoms with van der Waals surface area (Å²) in [4.78, 5) is 5.60. The number of nitrogens with zero attached hydrogens (tertiary/aromatic N) is 1. The molecule has 1 unspecified atom stereocenters. The van der Waals surface area contributed by atoms with Gasteiger partial charge < -0.3 is 10.4 Å². The van der Waals surface area contributed by atoms with Gasteiger partial charge in [0.05, 0.1) is 11.1 Å². The molecule has 0 amide bonds. The smallest absolute Gasteiger partial charge is 0.0953 e. The first-order valence-corrected chi connectivity index (χ1v) is 7.78. The minimum absolute atomic E-state index is 0.422. The van der Waals surface area contributed by atoms with Crippen LogP contribution in [0.4, 0.5) is 0 Å². The third-order valence-electron chi connectivity index (χ3n) is 2.63. The van der Waals surface area contributed by atoms with E-state index in [0.29, 0.717) is 12.5 Å². The topological polar surface area (TPSA) is 45.2 Å². The van der Waals surface area contributed by atoms with Gasteiger partial charge in [0.2, 0.25) is 0 Å². The number of aromatic nitrogens is 1. The molecule has 0 bridgehead atoms. The summed E-state index contributed by atoms with van der Waals surface area (Å²) in [6.45, 7) is 5.64. The molecule has 1 atom stereocenters. The van der Waals surface area contributed by atoms with Crippen LogP contribution in [0.2, 0.25) is 0 Å². The lowest BCUT2D eigenvalue weighted by molar-refractivity contribution is 0.175. The molecule has 18 heavy (non-hydrogen) atoms. The highest BCUT2D eigenvalue weighted by Gasteiger charge is 2.08. The molecule has 2 aromatic rings. The van der Waals surface area contributed by atoms with Gasteiger partial charge in [0, 0.05) is 30.1 Å². The van der Waals surface area contributed by atoms with Crippen molar-refractivity contribution < 1.29 is 5.11 Å². The number of thiophene rings is 1. The first-order chi connectivity index (χ1) is 8.66. The summed E-state index contributed by atoms with van der Waals surface area (Å²) in [7, 11) is 0. The molecule has 0 aromatic carbocycles. The molecule has 2 N–H and O–H groups in total. The van der Waals surface area contributed by atoms with E-state index >= 15 is 0 Å². The van der Waals surface area contributed by atoms with E-state index in [1.54, 1.807) is 22.7 Å². The summed E-state index contributed by atoms with van der Waals surface area (Å²) in [6.07, 6.45) is 1.50. The molecule has 5 heteroatoms. The van der Waals surface area contributed by atoms with Gasteiger partial charge in [0.1, 0.15) is 0 Å². The first-order valence-electron chi connectivity index (χ1n) is 6.02. The Morgan fingerprint density at radius 3 is 2.89 bits per heavy atom. The van der Waals surface area contributed by atoms with Gasteiger partial charge in [-0.15, -0.1) is 11.3 Å². The van der Waals surface area contributed by atoms with Crippen molar-refractivity contribution in [2.24, 2.45) is 0 Å². The van der Waals surface area contributed by atoms with E-state index in [4.69, 9.17) is 0 Å². The number of nitrogens with one attached hydrogen (secondary N) is 1. The minimum atomic E-state index is -0.422. The van der Waals surface area contributed by atoms with Crippen molar-refractivity contribution >= 4 is 22.7 Å². The summed E-state index contributed by atoms with van der Waals surface area (Å²) in [5.74, 6) is 0.486. The van der Waals surface area contributed by atoms with Crippen molar-refractivity contribution in [3.8, 4) is 0 Å². The number of aliphatic hydroxyl groups is 1. The van der Waals surface area contributed by atoms with Gasteiger partial charge in [-0.1, -0.05) is 13.8 Å². The zero-order valence-electron chi connectivity index (χ0n) is 10.6. The fraction of sp³-hybridized carbons (Fsp3) is 0.462. The normalized spacial score (nSPS) is 13.1. The van der Waals surface area contributed by atoms with E-state index in [0.717, 1.165) is 12.1 Å². The molecule has 0 saturated carbocycles. The molecule has 0 aliphatic heterocycles. The second-order valence-electron chi connectivity index (χ2n) is 4.52. The van der Waals surface area contributed by atoms with E-state index in [1.807, 2.05) is 23.0 Å². The third kappa shape index (κ3) is 3.62. The largest absolute Gasteiger partial charge is 0.387 e. The predicted molar refractivity (Wildman–Crippen MR) is 77.2 cm³/mol. The van der Waals surface area contributed by atoms with E-state index in [-0.39, 0.29) is 0 Å². The fourth-order valence-corrected chi connectivity index (χ4v) is 3.18. The quantitative estimate of drug-likeness (QED) is 0.855. The molecule has 0 aliphatic carbocycles. The van der Waals surface area contributed by atoms with Crippen LogP contribution in [0, 0.1) is 0 Å². The maximum absolute atomic E-state index is 9.91. The zero-order chi connectivity index (χ0) is 13.0. The van der Waals surface area contributed by atoms with Crippen LogP contribution in [-0.4, -0.2) is 16.6 Å². The molecule has 0 radical (unpaired) electrons. The molecule has 2 aromatic heterocycles. The Hall–Kier alpha value is -0.750. The highest BCUT2D eigenvalue weighted by Crippen LogP contribution is 2.21. The Balaban J connectivity index is 1.78. The van der Waals surface area contributed by atoms with Crippen molar-refractivity contribution in [1.82, 2.24) is 10.3 Å². The highest BCUT2D eigenvalue weighted by atomic mass is 32.1. The van der Waals surface area contributed by atoms with Crippen LogP contribution >= 0.6 is 22.7 Å². The minimum Gasteiger partial charge on any atom is -0.387 e. The number of rotatable bonds is 6. The lowest BCUT2D eigenvalue weighted by atomic mass is 10.2. The summed E-state index contributed by atoms with van der Waals surface area (Å²) >= 11 is 3.35. The van der Waals surface area contributed by atoms with Crippen LogP contribution in [0.15, 0.2) is 23.0 Å². The van der Waals surface area contributed by atoms with Crippen molar-refractivity contribution in [3.05, 3.63) is 38.5 Å². The SMILES string of the molecule is CC(C)c1ncc(CNCC(O)c2ccsc2)s1. The average Bonchev–Trinajstić information content (AvgIpc) is 3.00. The maximum atomic E-state index is 9.91. The van der Waals surface area contributed by atoms with Crippen LogP contribution < -0.4 is 5.32 Å². The second-order valence-corrected chi connectivity index (χ2v) is 6.45. The Labute approximate surface area is 116 Å². The van der Waals surface area contributed by atoms with Crippen LogP contribution in [0.5, 0.6) is 0 Å². The maximum Gasteiger partial charge on any atom is 0.0953 e. The monoisotopic (exact) mass is 282 g/mol. The van der Waals surface area contributed by atoms with E-state index in [9.17, 15) is 5.11 Å². The molecular weight excluding hydrogens is 264 g/mol. The van der Waals surface area contributed by atoms with E-state index in [2.05, 4.69) is 24.1 Å². The average molecular weight is 282 g/mol. The van der Waals surface area contributed by atoms with Crippen molar-refractivity contribution in [3.63, 3.8) is 0 Å². The molecule has 0 spiro atoms. The molecule has 0 fully saturated rings. The first kappa shape index (κ1) is 13.7. The molecule has 2 heterocycles. The Morgan fingerprint density at radius 1 is 1.44 bits per heavy atom. The zero-order valence-corrected chi connectivity index (χ0v) is 12.2. The fourth-order valence-electron chi connectivity index (χ4n) is 1.59. The number of hydrogen-bond donors (Lipinski definition) is 2. The molecule has 0 aliphatic rings. The van der Waals surface area contributed by atoms with Crippen molar-refractivity contribution in [2.75, 3.05) is 6.54 Å². The molecule has 98 valence electrons. The molecule has 3 nitrogen and oxygen atoms in total. The highest BCUT2D eigenvalue weighted by molar-refractivity contribution is 7.11. The van der Waals surface area contributed by atoms with Gasteiger partial charge >= 0.3 is 0 Å². The van der Waals surface area contributed by atoms with Gasteiger partial charge in [0.25, 0.3) is 0 Å². The lowest BCUT2D eigenvalue weighted by Gasteiger charge is -2.09. The lowest BCUT2D eigenvalue weighted by Crippen LogP contribution is -2.20. The van der Waals surface area contributed by atoms with E-state index < -0.39 is 6.10 Å². The summed E-state index contributed by atoms with van der Waals surface area (Å²) < 4.78 is 0. The van der Waals surface area contributed by atoms with Gasteiger partial charge in [-0.2, -0.15) is 11.3 Å². The van der Waals surface area contributed by atoms with Crippen LogP contribution in [0.3, 0.4) is 0 Å². The number of hydrogen-bond acceptors (Lipinski definition) is 5. The van der Waals surface area contributed by atoms with E-state index in [1.165, 1.54) is 9.88 Å². The van der Waals surface area contributed by atoms with Crippen LogP contribution in [-0.2, 0) is 6.54 Å². The predicted octanol–water partition coefficient (Wildman–Crippen LogP) is 3.15. The Bertz CT molecular complexity index is 465. The third-order valence-corrected chi connectivity index (χ3v) is 4.63. The van der Waals surface area contributed by atoms with Gasteiger partial charge in [-0.05, 0) is 22.4 Å². The molecule has 0 saturated heterocycles. The van der Waals surface area contributed by atoms with Gasteiger partial charge in [0.15, 0.2) is 0 Å². The van der Waals surface area contributed by atoms with Crippen LogP contribution in [0.25, 0.3) is 0 Å². The number of aliphatic hydroxyl groups excluding tert-OH is 1. The Kier molecular flexibility index (Phi) is 4.88. The number of thiazole rings is 1. The Morgan fingerprint density at radius 2 is 2.28 bits per heavy atom. The standard InChI is InChI=1S/C13H18N2OS2/c1-9(2)13-15-6-11(18-13)5-14-7-12(16)10-3-4-17-8-10/h3-4,6,8-9,12,14,16H,5,7H2,1-2H3. The molecule has 2 rings (SSSR count). The van der Waals surface area contributed by atoms with Gasteiger partial charge in [-0.3, -0.25) is 0 Å². The summed E-state index contributed by atoms with van der Waals surface area (Å²) in [5, 5.41) is 18.3. The van der Waals surface area contributed by atoms with Gasteiger partial charge in [-0.25, -0.2) is 4.98 Å². The molecular formula is C13H18N2OS2.